The van der Waals surface area contributed by atoms with Crippen LogP contribution >= 0.6 is 0 Å². The third kappa shape index (κ3) is 4.42. The summed E-state index contributed by atoms with van der Waals surface area (Å²) in [6, 6.07) is 0. The first-order valence-electron chi connectivity index (χ1n) is 3.69. The predicted molar refractivity (Wildman–Crippen MR) is 42.2 cm³/mol. The summed E-state index contributed by atoms with van der Waals surface area (Å²) >= 11 is 0. The molecule has 0 radical (unpaired) electrons. The van der Waals surface area contributed by atoms with E-state index in [4.69, 9.17) is 4.74 Å². The highest BCUT2D eigenvalue weighted by Crippen LogP contribution is 2.04. The second-order valence-corrected chi connectivity index (χ2v) is 1.99. The minimum atomic E-state index is -0.647. The van der Waals surface area contributed by atoms with Crippen molar-refractivity contribution in [2.24, 2.45) is 0 Å². The summed E-state index contributed by atoms with van der Waals surface area (Å²) in [4.78, 5) is 10.6. The molecule has 0 saturated heterocycles. The fourth-order valence-corrected chi connectivity index (χ4v) is 0.635. The fourth-order valence-electron chi connectivity index (χ4n) is 0.635. The Balaban J connectivity index is 3.87. The molecule has 0 spiro atoms. The molecule has 3 nitrogen and oxygen atoms in total. The molecule has 0 aliphatic rings. The molecule has 0 unspecified atom stereocenters. The molecule has 0 rings (SSSR count). The Hall–Kier alpha value is -0.990. The molecule has 0 bridgehead atoms. The van der Waals surface area contributed by atoms with Crippen molar-refractivity contribution in [1.29, 1.82) is 0 Å². The summed E-state index contributed by atoms with van der Waals surface area (Å²) in [5.41, 5.74) is 0. The van der Waals surface area contributed by atoms with Gasteiger partial charge in [-0.3, -0.25) is 0 Å². The number of rotatable bonds is 3. The molecule has 0 aromatic rings. The lowest BCUT2D eigenvalue weighted by Gasteiger charge is -2.03. The van der Waals surface area contributed by atoms with Gasteiger partial charge in [0.05, 0.1) is 7.11 Å². The first kappa shape index (κ1) is 10.0. The van der Waals surface area contributed by atoms with Crippen LogP contribution in [-0.2, 0) is 9.47 Å². The van der Waals surface area contributed by atoms with Crippen molar-refractivity contribution in [3.05, 3.63) is 11.8 Å². The quantitative estimate of drug-likeness (QED) is 0.467. The van der Waals surface area contributed by atoms with Gasteiger partial charge in [-0.2, -0.15) is 0 Å². The van der Waals surface area contributed by atoms with E-state index in [-0.39, 0.29) is 0 Å². The van der Waals surface area contributed by atoms with Crippen LogP contribution in [0, 0.1) is 0 Å². The number of carbonyl (C=O) groups is 1. The highest BCUT2D eigenvalue weighted by molar-refractivity contribution is 5.61. The maximum atomic E-state index is 10.6. The zero-order chi connectivity index (χ0) is 8.69. The maximum Gasteiger partial charge on any atom is 0.513 e. The van der Waals surface area contributed by atoms with Gasteiger partial charge in [-0.15, -0.1) is 0 Å². The van der Waals surface area contributed by atoms with Crippen molar-refractivity contribution < 1.29 is 14.3 Å². The van der Waals surface area contributed by atoms with Crippen LogP contribution in [0.2, 0.25) is 0 Å². The Labute approximate surface area is 67.0 Å². The first-order chi connectivity index (χ1) is 5.24. The van der Waals surface area contributed by atoms with Crippen molar-refractivity contribution in [3.63, 3.8) is 0 Å². The summed E-state index contributed by atoms with van der Waals surface area (Å²) in [5, 5.41) is 0. The topological polar surface area (TPSA) is 35.5 Å². The lowest BCUT2D eigenvalue weighted by atomic mass is 10.3. The van der Waals surface area contributed by atoms with Gasteiger partial charge in [0, 0.05) is 6.42 Å². The third-order valence-electron chi connectivity index (χ3n) is 1.16. The van der Waals surface area contributed by atoms with Crippen molar-refractivity contribution in [1.82, 2.24) is 0 Å². The van der Waals surface area contributed by atoms with E-state index in [1.54, 1.807) is 0 Å². The molecule has 0 saturated carbocycles. The molecule has 0 N–H and O–H groups in total. The van der Waals surface area contributed by atoms with E-state index in [9.17, 15) is 4.79 Å². The summed E-state index contributed by atoms with van der Waals surface area (Å²) in [5.74, 6) is 0.666. The SMILES string of the molecule is CC/C=C(\CC)OC(=O)OC. The minimum absolute atomic E-state index is 0.647. The molecule has 3 heteroatoms. The van der Waals surface area contributed by atoms with Gasteiger partial charge in [0.1, 0.15) is 5.76 Å². The van der Waals surface area contributed by atoms with Crippen molar-refractivity contribution >= 4 is 6.16 Å². The van der Waals surface area contributed by atoms with Crippen LogP contribution in [0.3, 0.4) is 0 Å². The Morgan fingerprint density at radius 3 is 2.45 bits per heavy atom. The van der Waals surface area contributed by atoms with Crippen LogP contribution in [0.25, 0.3) is 0 Å². The van der Waals surface area contributed by atoms with E-state index < -0.39 is 6.16 Å². The number of methoxy groups -OCH3 is 1. The van der Waals surface area contributed by atoms with Crippen molar-refractivity contribution in [3.8, 4) is 0 Å². The van der Waals surface area contributed by atoms with Crippen LogP contribution in [0.4, 0.5) is 4.79 Å². The number of allylic oxidation sites excluding steroid dienone is 2. The van der Waals surface area contributed by atoms with Gasteiger partial charge >= 0.3 is 6.16 Å². The lowest BCUT2D eigenvalue weighted by Crippen LogP contribution is -2.03. The first-order valence-corrected chi connectivity index (χ1v) is 3.69. The van der Waals surface area contributed by atoms with Crippen molar-refractivity contribution in [2.75, 3.05) is 7.11 Å². The molecule has 0 aromatic heterocycles. The molecular formula is C8H14O3. The van der Waals surface area contributed by atoms with Crippen molar-refractivity contribution in [2.45, 2.75) is 26.7 Å². The summed E-state index contributed by atoms with van der Waals surface area (Å²) < 4.78 is 9.12. The van der Waals surface area contributed by atoms with E-state index in [2.05, 4.69) is 4.74 Å². The average molecular weight is 158 g/mol. The van der Waals surface area contributed by atoms with E-state index >= 15 is 0 Å². The van der Waals surface area contributed by atoms with E-state index in [1.807, 2.05) is 19.9 Å². The number of hydrogen-bond donors (Lipinski definition) is 0. The second-order valence-electron chi connectivity index (χ2n) is 1.99. The Morgan fingerprint density at radius 2 is 2.09 bits per heavy atom. The second kappa shape index (κ2) is 5.77. The number of hydrogen-bond acceptors (Lipinski definition) is 3. The molecule has 0 aliphatic carbocycles. The van der Waals surface area contributed by atoms with Gasteiger partial charge in [-0.25, -0.2) is 4.79 Å². The molecule has 0 aliphatic heterocycles. The largest absolute Gasteiger partial charge is 0.513 e. The Kier molecular flexibility index (Phi) is 5.25. The van der Waals surface area contributed by atoms with Gasteiger partial charge in [-0.05, 0) is 12.5 Å². The maximum absolute atomic E-state index is 10.6. The zero-order valence-corrected chi connectivity index (χ0v) is 7.22. The van der Waals surface area contributed by atoms with Crippen LogP contribution in [0.5, 0.6) is 0 Å². The van der Waals surface area contributed by atoms with Gasteiger partial charge in [0.15, 0.2) is 0 Å². The van der Waals surface area contributed by atoms with E-state index in [0.29, 0.717) is 12.2 Å². The third-order valence-corrected chi connectivity index (χ3v) is 1.16. The molecule has 64 valence electrons. The van der Waals surface area contributed by atoms with Gasteiger partial charge < -0.3 is 9.47 Å². The highest BCUT2D eigenvalue weighted by Gasteiger charge is 2.02. The Morgan fingerprint density at radius 1 is 1.45 bits per heavy atom. The van der Waals surface area contributed by atoms with Crippen LogP contribution < -0.4 is 0 Å². The average Bonchev–Trinajstić information content (AvgIpc) is 2.03. The van der Waals surface area contributed by atoms with Crippen LogP contribution in [0.15, 0.2) is 11.8 Å². The fraction of sp³-hybridized carbons (Fsp3) is 0.625. The monoisotopic (exact) mass is 158 g/mol. The zero-order valence-electron chi connectivity index (χ0n) is 7.22. The van der Waals surface area contributed by atoms with Gasteiger partial charge in [-0.1, -0.05) is 13.8 Å². The lowest BCUT2D eigenvalue weighted by molar-refractivity contribution is 0.0950. The van der Waals surface area contributed by atoms with E-state index in [1.165, 1.54) is 7.11 Å². The van der Waals surface area contributed by atoms with E-state index in [0.717, 1.165) is 6.42 Å². The molecule has 0 heterocycles. The smallest absolute Gasteiger partial charge is 0.437 e. The summed E-state index contributed by atoms with van der Waals surface area (Å²) in [6.07, 6.45) is 2.78. The van der Waals surface area contributed by atoms with Crippen LogP contribution in [0.1, 0.15) is 26.7 Å². The normalized spacial score (nSPS) is 11.0. The minimum Gasteiger partial charge on any atom is -0.437 e. The number of carbonyl (C=O) groups excluding carboxylic acids is 1. The highest BCUT2D eigenvalue weighted by atomic mass is 16.7. The van der Waals surface area contributed by atoms with Crippen LogP contribution in [-0.4, -0.2) is 13.3 Å². The Bertz CT molecular complexity index is 149. The predicted octanol–water partition coefficient (Wildman–Crippen LogP) is 2.47. The summed E-state index contributed by atoms with van der Waals surface area (Å²) in [7, 11) is 1.29. The molecular weight excluding hydrogens is 144 g/mol. The molecule has 0 aromatic carbocycles. The van der Waals surface area contributed by atoms with Gasteiger partial charge in [0.25, 0.3) is 0 Å². The molecule has 0 fully saturated rings. The molecule has 0 atom stereocenters. The molecule has 11 heavy (non-hydrogen) atoms. The number of ether oxygens (including phenoxy) is 2. The molecule has 0 amide bonds. The standard InChI is InChI=1S/C8H14O3/c1-4-6-7(5-2)11-8(9)10-3/h6H,4-5H2,1-3H3/b7-6+. The van der Waals surface area contributed by atoms with Gasteiger partial charge in [0.2, 0.25) is 0 Å². The summed E-state index contributed by atoms with van der Waals surface area (Å²) in [6.45, 7) is 3.90.